The molecule has 0 aliphatic carbocycles. The number of hydrogen-bond donors (Lipinski definition) is 1. The van der Waals surface area contributed by atoms with Crippen molar-refractivity contribution in [2.45, 2.75) is 6.42 Å². The first-order chi connectivity index (χ1) is 9.54. The number of hydrogen-bond acceptors (Lipinski definition) is 3. The van der Waals surface area contributed by atoms with Gasteiger partial charge < -0.3 is 9.84 Å². The van der Waals surface area contributed by atoms with Crippen LogP contribution in [-0.4, -0.2) is 23.1 Å². The molecule has 1 N–H and O–H groups in total. The van der Waals surface area contributed by atoms with Gasteiger partial charge in [-0.3, -0.25) is 0 Å². The van der Waals surface area contributed by atoms with Crippen LogP contribution >= 0.6 is 34.4 Å². The standard InChI is InChI=1S/C15H15ClINO2/c1-18(16)9-8-11-2-7-15(14(17)10-11)20-13-5-3-12(19)4-6-13/h2-7,10,19H,8-9H2,1H3. The van der Waals surface area contributed by atoms with E-state index in [0.717, 1.165) is 22.3 Å². The molecule has 5 heteroatoms. The summed E-state index contributed by atoms with van der Waals surface area (Å²) in [5.41, 5.74) is 1.22. The van der Waals surface area contributed by atoms with E-state index in [4.69, 9.17) is 16.5 Å². The number of rotatable bonds is 5. The average Bonchev–Trinajstić information content (AvgIpc) is 2.41. The lowest BCUT2D eigenvalue weighted by Gasteiger charge is -2.11. The summed E-state index contributed by atoms with van der Waals surface area (Å²) in [6.07, 6.45) is 0.898. The van der Waals surface area contributed by atoms with E-state index in [1.807, 2.05) is 19.2 Å². The van der Waals surface area contributed by atoms with Crippen molar-refractivity contribution in [1.29, 1.82) is 0 Å². The third-order valence-corrected chi connectivity index (χ3v) is 3.78. The highest BCUT2D eigenvalue weighted by atomic mass is 127. The summed E-state index contributed by atoms with van der Waals surface area (Å²) in [6, 6.07) is 12.8. The molecule has 0 aromatic heterocycles. The Morgan fingerprint density at radius 2 is 1.90 bits per heavy atom. The summed E-state index contributed by atoms with van der Waals surface area (Å²) < 4.78 is 8.48. The molecule has 2 aromatic carbocycles. The van der Waals surface area contributed by atoms with Crippen LogP contribution in [0.2, 0.25) is 0 Å². The van der Waals surface area contributed by atoms with Crippen molar-refractivity contribution in [2.75, 3.05) is 13.6 Å². The van der Waals surface area contributed by atoms with Gasteiger partial charge in [0.05, 0.1) is 3.57 Å². The molecular formula is C15H15ClINO2. The Morgan fingerprint density at radius 1 is 1.20 bits per heavy atom. The molecule has 2 aromatic rings. The van der Waals surface area contributed by atoms with Crippen molar-refractivity contribution in [1.82, 2.24) is 4.42 Å². The third-order valence-electron chi connectivity index (χ3n) is 2.77. The second-order valence-electron chi connectivity index (χ2n) is 4.44. The smallest absolute Gasteiger partial charge is 0.140 e. The van der Waals surface area contributed by atoms with Gasteiger partial charge in [0, 0.05) is 13.6 Å². The largest absolute Gasteiger partial charge is 0.508 e. The van der Waals surface area contributed by atoms with Gasteiger partial charge in [-0.25, -0.2) is 4.42 Å². The summed E-state index contributed by atoms with van der Waals surface area (Å²) in [4.78, 5) is 0. The van der Waals surface area contributed by atoms with E-state index in [2.05, 4.69) is 28.7 Å². The van der Waals surface area contributed by atoms with E-state index in [-0.39, 0.29) is 5.75 Å². The van der Waals surface area contributed by atoms with Crippen LogP contribution in [0.4, 0.5) is 0 Å². The van der Waals surface area contributed by atoms with Gasteiger partial charge in [0.1, 0.15) is 17.2 Å². The molecule has 0 fully saturated rings. The van der Waals surface area contributed by atoms with Crippen LogP contribution in [0.1, 0.15) is 5.56 Å². The van der Waals surface area contributed by atoms with Crippen LogP contribution in [-0.2, 0) is 6.42 Å². The predicted octanol–water partition coefficient (Wildman–Crippen LogP) is 4.42. The average molecular weight is 404 g/mol. The number of likely N-dealkylation sites (N-methyl/N-ethyl adjacent to an activating group) is 1. The maximum atomic E-state index is 9.25. The van der Waals surface area contributed by atoms with Gasteiger partial charge in [0.2, 0.25) is 0 Å². The first kappa shape index (κ1) is 15.4. The minimum Gasteiger partial charge on any atom is -0.508 e. The zero-order chi connectivity index (χ0) is 14.5. The quantitative estimate of drug-likeness (QED) is 0.593. The Morgan fingerprint density at radius 3 is 2.50 bits per heavy atom. The molecule has 0 aliphatic rings. The van der Waals surface area contributed by atoms with E-state index < -0.39 is 0 Å². The third kappa shape index (κ3) is 4.54. The number of nitrogens with zero attached hydrogens (tertiary/aromatic N) is 1. The van der Waals surface area contributed by atoms with E-state index in [1.54, 1.807) is 28.7 Å². The molecule has 0 amide bonds. The molecule has 2 rings (SSSR count). The van der Waals surface area contributed by atoms with Gasteiger partial charge in [-0.05, 0) is 82.8 Å². The fraction of sp³-hybridized carbons (Fsp3) is 0.200. The van der Waals surface area contributed by atoms with Crippen molar-refractivity contribution in [3.05, 3.63) is 51.6 Å². The normalized spacial score (nSPS) is 10.8. The second kappa shape index (κ2) is 7.15. The lowest BCUT2D eigenvalue weighted by molar-refractivity contribution is 0.463. The van der Waals surface area contributed by atoms with Gasteiger partial charge >= 0.3 is 0 Å². The molecule has 3 nitrogen and oxygen atoms in total. The van der Waals surface area contributed by atoms with Crippen molar-refractivity contribution < 1.29 is 9.84 Å². The monoisotopic (exact) mass is 403 g/mol. The number of aromatic hydroxyl groups is 1. The van der Waals surface area contributed by atoms with Gasteiger partial charge in [-0.1, -0.05) is 6.07 Å². The molecule has 0 saturated heterocycles. The van der Waals surface area contributed by atoms with E-state index in [9.17, 15) is 5.11 Å². The molecular weight excluding hydrogens is 389 g/mol. The minimum atomic E-state index is 0.229. The SMILES string of the molecule is CN(Cl)CCc1ccc(Oc2ccc(O)cc2)c(I)c1. The van der Waals surface area contributed by atoms with Gasteiger partial charge in [0.25, 0.3) is 0 Å². The molecule has 0 aliphatic heterocycles. The van der Waals surface area contributed by atoms with Crippen molar-refractivity contribution in [3.63, 3.8) is 0 Å². The van der Waals surface area contributed by atoms with Crippen LogP contribution in [0.5, 0.6) is 17.2 Å². The first-order valence-corrected chi connectivity index (χ1v) is 7.58. The summed E-state index contributed by atoms with van der Waals surface area (Å²) in [7, 11) is 1.84. The fourth-order valence-corrected chi connectivity index (χ4v) is 2.48. The molecule has 0 saturated carbocycles. The Balaban J connectivity index is 2.07. The van der Waals surface area contributed by atoms with Crippen LogP contribution in [0.15, 0.2) is 42.5 Å². The van der Waals surface area contributed by atoms with E-state index in [0.29, 0.717) is 5.75 Å². The molecule has 0 atom stereocenters. The first-order valence-electron chi connectivity index (χ1n) is 6.17. The van der Waals surface area contributed by atoms with Gasteiger partial charge in [-0.15, -0.1) is 0 Å². The predicted molar refractivity (Wildman–Crippen MR) is 89.5 cm³/mol. The van der Waals surface area contributed by atoms with Gasteiger partial charge in [0.15, 0.2) is 0 Å². The molecule has 0 bridgehead atoms. The van der Waals surface area contributed by atoms with Crippen molar-refractivity contribution in [2.24, 2.45) is 0 Å². The van der Waals surface area contributed by atoms with Crippen molar-refractivity contribution >= 4 is 34.4 Å². The molecule has 20 heavy (non-hydrogen) atoms. The molecule has 0 heterocycles. The van der Waals surface area contributed by atoms with Crippen LogP contribution in [0.25, 0.3) is 0 Å². The maximum Gasteiger partial charge on any atom is 0.140 e. The Bertz CT molecular complexity index is 573. The summed E-state index contributed by atoms with van der Waals surface area (Å²) in [5.74, 6) is 1.74. The molecule has 106 valence electrons. The van der Waals surface area contributed by atoms with Gasteiger partial charge in [-0.2, -0.15) is 0 Å². The molecule has 0 radical (unpaired) electrons. The Kier molecular flexibility index (Phi) is 5.51. The molecule has 0 spiro atoms. The van der Waals surface area contributed by atoms with E-state index in [1.165, 1.54) is 5.56 Å². The highest BCUT2D eigenvalue weighted by molar-refractivity contribution is 14.1. The van der Waals surface area contributed by atoms with Crippen LogP contribution in [0, 0.1) is 3.57 Å². The number of phenols is 1. The summed E-state index contributed by atoms with van der Waals surface area (Å²) in [6.45, 7) is 0.801. The number of phenolic OH excluding ortho intramolecular Hbond substituents is 1. The lowest BCUT2D eigenvalue weighted by atomic mass is 10.1. The van der Waals surface area contributed by atoms with Crippen molar-refractivity contribution in [3.8, 4) is 17.2 Å². The Hall–Kier alpha value is -0.980. The van der Waals surface area contributed by atoms with Crippen LogP contribution < -0.4 is 4.74 Å². The van der Waals surface area contributed by atoms with Crippen LogP contribution in [0.3, 0.4) is 0 Å². The maximum absolute atomic E-state index is 9.25. The second-order valence-corrected chi connectivity index (χ2v) is 6.18. The highest BCUT2D eigenvalue weighted by Crippen LogP contribution is 2.28. The van der Waals surface area contributed by atoms with E-state index >= 15 is 0 Å². The number of halogens is 2. The summed E-state index contributed by atoms with van der Waals surface area (Å²) >= 11 is 8.06. The zero-order valence-electron chi connectivity index (χ0n) is 11.0. The number of ether oxygens (including phenoxy) is 1. The minimum absolute atomic E-state index is 0.229. The summed E-state index contributed by atoms with van der Waals surface area (Å²) in [5, 5.41) is 9.25. The number of benzene rings is 2. The lowest BCUT2D eigenvalue weighted by Crippen LogP contribution is -2.09. The molecule has 0 unspecified atom stereocenters. The Labute approximate surface area is 137 Å². The highest BCUT2D eigenvalue weighted by Gasteiger charge is 2.05. The zero-order valence-corrected chi connectivity index (χ0v) is 13.9. The topological polar surface area (TPSA) is 32.7 Å². The fourth-order valence-electron chi connectivity index (χ4n) is 1.71.